The Hall–Kier alpha value is -2.69. The fourth-order valence-electron chi connectivity index (χ4n) is 2.11. The van der Waals surface area contributed by atoms with Crippen LogP contribution < -0.4 is 4.74 Å². The molecule has 1 heterocycles. The van der Waals surface area contributed by atoms with E-state index < -0.39 is 23.5 Å². The van der Waals surface area contributed by atoms with Gasteiger partial charge in [-0.25, -0.2) is 0 Å². The summed E-state index contributed by atoms with van der Waals surface area (Å²) >= 11 is 0. The SMILES string of the molecule is CC1=CC(=O)[C@@H](C(=O)/C=C/c2ccc(OC(C)C)cc2)C(=O)O1. The van der Waals surface area contributed by atoms with Crippen molar-refractivity contribution in [2.75, 3.05) is 0 Å². The number of esters is 1. The largest absolute Gasteiger partial charge is 0.491 e. The molecule has 1 aromatic rings. The standard InChI is InChI=1S/C18H18O5/c1-11(2)22-14-7-4-13(5-8-14)6-9-15(19)17-16(20)10-12(3)23-18(17)21/h4-11,17H,1-3H3/b9-6+/t17-/m1/s1. The van der Waals surface area contributed by atoms with Crippen molar-refractivity contribution in [3.8, 4) is 5.75 Å². The lowest BCUT2D eigenvalue weighted by atomic mass is 9.96. The van der Waals surface area contributed by atoms with Gasteiger partial charge in [-0.2, -0.15) is 0 Å². The summed E-state index contributed by atoms with van der Waals surface area (Å²) in [5, 5.41) is 0. The summed E-state index contributed by atoms with van der Waals surface area (Å²) in [4.78, 5) is 35.5. The molecule has 0 saturated heterocycles. The van der Waals surface area contributed by atoms with Crippen LogP contribution in [0, 0.1) is 5.92 Å². The third-order valence-corrected chi connectivity index (χ3v) is 3.10. The number of hydrogen-bond acceptors (Lipinski definition) is 5. The van der Waals surface area contributed by atoms with Gasteiger partial charge in [-0.15, -0.1) is 0 Å². The molecule has 0 N–H and O–H groups in total. The van der Waals surface area contributed by atoms with E-state index >= 15 is 0 Å². The van der Waals surface area contributed by atoms with Crippen LogP contribution in [0.25, 0.3) is 6.08 Å². The molecule has 0 aromatic heterocycles. The minimum atomic E-state index is -1.40. The summed E-state index contributed by atoms with van der Waals surface area (Å²) in [5.74, 6) is -2.44. The maximum atomic E-state index is 12.0. The highest BCUT2D eigenvalue weighted by Crippen LogP contribution is 2.18. The lowest BCUT2D eigenvalue weighted by Crippen LogP contribution is -2.34. The zero-order valence-electron chi connectivity index (χ0n) is 13.2. The van der Waals surface area contributed by atoms with Gasteiger partial charge in [0.2, 0.25) is 0 Å². The normalized spacial score (nSPS) is 18.1. The molecule has 1 aliphatic rings. The van der Waals surface area contributed by atoms with Gasteiger partial charge in [0, 0.05) is 6.08 Å². The molecule has 0 amide bonds. The van der Waals surface area contributed by atoms with E-state index in [1.54, 1.807) is 30.3 Å². The topological polar surface area (TPSA) is 69.7 Å². The van der Waals surface area contributed by atoms with E-state index in [1.165, 1.54) is 13.0 Å². The number of carbonyl (C=O) groups is 3. The summed E-state index contributed by atoms with van der Waals surface area (Å²) in [5.41, 5.74) is 0.762. The lowest BCUT2D eigenvalue weighted by Gasteiger charge is -2.15. The van der Waals surface area contributed by atoms with E-state index in [2.05, 4.69) is 0 Å². The first-order chi connectivity index (χ1) is 10.9. The van der Waals surface area contributed by atoms with Crippen LogP contribution >= 0.6 is 0 Å². The summed E-state index contributed by atoms with van der Waals surface area (Å²) in [6.45, 7) is 5.36. The maximum Gasteiger partial charge on any atom is 0.329 e. The van der Waals surface area contributed by atoms with Gasteiger partial charge >= 0.3 is 5.97 Å². The molecule has 5 heteroatoms. The number of ketones is 2. The first kappa shape index (κ1) is 16.7. The average Bonchev–Trinajstić information content (AvgIpc) is 2.45. The molecule has 0 spiro atoms. The molecule has 5 nitrogen and oxygen atoms in total. The van der Waals surface area contributed by atoms with Crippen molar-refractivity contribution in [1.29, 1.82) is 0 Å². The smallest absolute Gasteiger partial charge is 0.329 e. The van der Waals surface area contributed by atoms with Crippen molar-refractivity contribution >= 4 is 23.6 Å². The Morgan fingerprint density at radius 3 is 2.43 bits per heavy atom. The number of allylic oxidation sites excluding steroid dienone is 3. The second-order valence-corrected chi connectivity index (χ2v) is 5.48. The number of carbonyl (C=O) groups excluding carboxylic acids is 3. The monoisotopic (exact) mass is 314 g/mol. The fraction of sp³-hybridized carbons (Fsp3) is 0.278. The Labute approximate surface area is 134 Å². The van der Waals surface area contributed by atoms with Crippen LogP contribution in [-0.4, -0.2) is 23.6 Å². The van der Waals surface area contributed by atoms with Crippen molar-refractivity contribution in [2.24, 2.45) is 5.92 Å². The Kier molecular flexibility index (Phi) is 5.11. The van der Waals surface area contributed by atoms with Crippen molar-refractivity contribution < 1.29 is 23.9 Å². The molecule has 1 atom stereocenters. The van der Waals surface area contributed by atoms with Crippen LogP contribution in [0.1, 0.15) is 26.3 Å². The van der Waals surface area contributed by atoms with Crippen LogP contribution in [0.2, 0.25) is 0 Å². The van der Waals surface area contributed by atoms with Crippen LogP contribution in [0.15, 0.2) is 42.2 Å². The number of benzene rings is 1. The van der Waals surface area contributed by atoms with Gasteiger partial charge in [0.05, 0.1) is 6.10 Å². The van der Waals surface area contributed by atoms with E-state index in [9.17, 15) is 14.4 Å². The molecule has 23 heavy (non-hydrogen) atoms. The highest BCUT2D eigenvalue weighted by molar-refractivity contribution is 6.25. The lowest BCUT2D eigenvalue weighted by molar-refractivity contribution is -0.151. The van der Waals surface area contributed by atoms with E-state index in [-0.39, 0.29) is 11.9 Å². The van der Waals surface area contributed by atoms with E-state index in [0.717, 1.165) is 17.4 Å². The second-order valence-electron chi connectivity index (χ2n) is 5.48. The maximum absolute atomic E-state index is 12.0. The molecular formula is C18H18O5. The molecule has 1 aliphatic heterocycles. The van der Waals surface area contributed by atoms with Crippen LogP contribution in [-0.2, 0) is 19.1 Å². The molecule has 120 valence electrons. The Morgan fingerprint density at radius 1 is 1.22 bits per heavy atom. The minimum Gasteiger partial charge on any atom is -0.491 e. The number of rotatable bonds is 5. The van der Waals surface area contributed by atoms with Gasteiger partial charge < -0.3 is 9.47 Å². The van der Waals surface area contributed by atoms with Gasteiger partial charge in [0.1, 0.15) is 11.5 Å². The van der Waals surface area contributed by atoms with E-state index in [1.807, 2.05) is 13.8 Å². The Bertz CT molecular complexity index is 680. The summed E-state index contributed by atoms with van der Waals surface area (Å²) < 4.78 is 10.3. The first-order valence-corrected chi connectivity index (χ1v) is 7.29. The number of cyclic esters (lactones) is 1. The molecule has 2 rings (SSSR count). The first-order valence-electron chi connectivity index (χ1n) is 7.29. The zero-order valence-corrected chi connectivity index (χ0v) is 13.2. The van der Waals surface area contributed by atoms with Gasteiger partial charge in [-0.1, -0.05) is 18.2 Å². The highest BCUT2D eigenvalue weighted by Gasteiger charge is 2.36. The van der Waals surface area contributed by atoms with Crippen molar-refractivity contribution in [2.45, 2.75) is 26.9 Å². The summed E-state index contributed by atoms with van der Waals surface area (Å²) in [7, 11) is 0. The quantitative estimate of drug-likeness (QED) is 0.475. The summed E-state index contributed by atoms with van der Waals surface area (Å²) in [6, 6.07) is 7.14. The zero-order chi connectivity index (χ0) is 17.0. The van der Waals surface area contributed by atoms with Crippen LogP contribution in [0.3, 0.4) is 0 Å². The van der Waals surface area contributed by atoms with Crippen molar-refractivity contribution in [3.63, 3.8) is 0 Å². The predicted octanol–water partition coefficient (Wildman–Crippen LogP) is 2.70. The Balaban J connectivity index is 2.06. The second kappa shape index (κ2) is 7.05. The molecule has 0 fully saturated rings. The van der Waals surface area contributed by atoms with Gasteiger partial charge in [-0.05, 0) is 44.5 Å². The fourth-order valence-corrected chi connectivity index (χ4v) is 2.11. The predicted molar refractivity (Wildman–Crippen MR) is 84.6 cm³/mol. The molecule has 1 aromatic carbocycles. The van der Waals surface area contributed by atoms with Gasteiger partial charge in [0.25, 0.3) is 0 Å². The van der Waals surface area contributed by atoms with Crippen LogP contribution in [0.5, 0.6) is 5.75 Å². The van der Waals surface area contributed by atoms with E-state index in [4.69, 9.17) is 9.47 Å². The molecule has 0 aliphatic carbocycles. The van der Waals surface area contributed by atoms with Crippen LogP contribution in [0.4, 0.5) is 0 Å². The third-order valence-electron chi connectivity index (χ3n) is 3.10. The average molecular weight is 314 g/mol. The molecule has 0 bridgehead atoms. The molecule has 0 saturated carbocycles. The van der Waals surface area contributed by atoms with E-state index in [0.29, 0.717) is 0 Å². The van der Waals surface area contributed by atoms with Gasteiger partial charge in [-0.3, -0.25) is 14.4 Å². The number of hydrogen-bond donors (Lipinski definition) is 0. The Morgan fingerprint density at radius 2 is 1.87 bits per heavy atom. The minimum absolute atomic E-state index is 0.0813. The highest BCUT2D eigenvalue weighted by atomic mass is 16.5. The molecular weight excluding hydrogens is 296 g/mol. The van der Waals surface area contributed by atoms with Crippen molar-refractivity contribution in [3.05, 3.63) is 47.7 Å². The van der Waals surface area contributed by atoms with Crippen molar-refractivity contribution in [1.82, 2.24) is 0 Å². The molecule has 0 unspecified atom stereocenters. The summed E-state index contributed by atoms with van der Waals surface area (Å²) in [6.07, 6.45) is 4.01. The van der Waals surface area contributed by atoms with Gasteiger partial charge in [0.15, 0.2) is 17.5 Å². The molecule has 0 radical (unpaired) electrons. The third kappa shape index (κ3) is 4.39. The number of ether oxygens (including phenoxy) is 2.